The summed E-state index contributed by atoms with van der Waals surface area (Å²) in [5, 5.41) is 0.305. The van der Waals surface area contributed by atoms with E-state index in [0.29, 0.717) is 13.1 Å². The third-order valence-electron chi connectivity index (χ3n) is 3.74. The molecule has 0 aliphatic carbocycles. The largest absolute Gasteiger partial charge is 0.330 e. The Balaban J connectivity index is 2.43. The normalized spacial score (nSPS) is 24.8. The number of rotatable bonds is 3. The molecule has 20 heavy (non-hydrogen) atoms. The molecule has 1 aliphatic heterocycles. The fourth-order valence-electron chi connectivity index (χ4n) is 2.52. The highest BCUT2D eigenvalue weighted by atomic mass is 35.5. The van der Waals surface area contributed by atoms with Gasteiger partial charge in [-0.25, -0.2) is 8.42 Å². The molecule has 0 spiro atoms. The van der Waals surface area contributed by atoms with Crippen LogP contribution in [0.5, 0.6) is 0 Å². The summed E-state index contributed by atoms with van der Waals surface area (Å²) in [7, 11) is -3.70. The molecular formula is C13H18Cl2N2O2S. The first kappa shape index (κ1) is 16.0. The molecule has 1 aromatic carbocycles. The Labute approximate surface area is 129 Å². The predicted octanol–water partition coefficient (Wildman–Crippen LogP) is 2.74. The average molecular weight is 337 g/mol. The minimum absolute atomic E-state index is 0.00662. The van der Waals surface area contributed by atoms with E-state index in [4.69, 9.17) is 28.9 Å². The highest BCUT2D eigenvalue weighted by Crippen LogP contribution is 2.35. The van der Waals surface area contributed by atoms with Gasteiger partial charge in [-0.1, -0.05) is 29.3 Å². The molecule has 2 atom stereocenters. The number of piperidine rings is 1. The van der Waals surface area contributed by atoms with Crippen molar-refractivity contribution in [3.63, 3.8) is 0 Å². The van der Waals surface area contributed by atoms with Crippen LogP contribution in [0, 0.1) is 5.92 Å². The molecule has 0 radical (unpaired) electrons. The number of benzene rings is 1. The van der Waals surface area contributed by atoms with Gasteiger partial charge < -0.3 is 5.73 Å². The van der Waals surface area contributed by atoms with E-state index in [-0.39, 0.29) is 26.9 Å². The second-order valence-corrected chi connectivity index (χ2v) is 7.80. The Morgan fingerprint density at radius 3 is 2.45 bits per heavy atom. The molecule has 1 aromatic rings. The van der Waals surface area contributed by atoms with Gasteiger partial charge in [0.05, 0.1) is 10.0 Å². The van der Waals surface area contributed by atoms with Crippen molar-refractivity contribution in [1.82, 2.24) is 4.31 Å². The van der Waals surface area contributed by atoms with Crippen molar-refractivity contribution in [2.24, 2.45) is 11.7 Å². The van der Waals surface area contributed by atoms with Crippen molar-refractivity contribution in [2.45, 2.75) is 30.7 Å². The number of hydrogen-bond acceptors (Lipinski definition) is 3. The summed E-state index contributed by atoms with van der Waals surface area (Å²) in [6, 6.07) is 4.63. The molecular weight excluding hydrogens is 319 g/mol. The molecule has 1 saturated heterocycles. The Morgan fingerprint density at radius 1 is 1.30 bits per heavy atom. The van der Waals surface area contributed by atoms with Gasteiger partial charge >= 0.3 is 0 Å². The first-order chi connectivity index (χ1) is 9.37. The van der Waals surface area contributed by atoms with Crippen molar-refractivity contribution < 1.29 is 8.42 Å². The number of halogens is 2. The number of sulfonamides is 1. The predicted molar refractivity (Wildman–Crippen MR) is 81.6 cm³/mol. The third kappa shape index (κ3) is 2.97. The molecule has 0 aromatic heterocycles. The van der Waals surface area contributed by atoms with Crippen molar-refractivity contribution in [3.05, 3.63) is 28.2 Å². The smallest absolute Gasteiger partial charge is 0.246 e. The standard InChI is InChI=1S/C13H18Cl2N2O2S/c1-9-5-6-10(7-16)8-17(9)20(18,19)13-11(14)3-2-4-12(13)15/h2-4,9-10H,5-8,16H2,1H3. The summed E-state index contributed by atoms with van der Waals surface area (Å²) < 4.78 is 27.1. The molecule has 0 saturated carbocycles. The summed E-state index contributed by atoms with van der Waals surface area (Å²) >= 11 is 12.1. The summed E-state index contributed by atoms with van der Waals surface area (Å²) in [4.78, 5) is -0.00662. The van der Waals surface area contributed by atoms with Gasteiger partial charge in [-0.15, -0.1) is 0 Å². The van der Waals surface area contributed by atoms with E-state index >= 15 is 0 Å². The lowest BCUT2D eigenvalue weighted by Gasteiger charge is -2.36. The first-order valence-electron chi connectivity index (χ1n) is 6.54. The maximum absolute atomic E-state index is 12.8. The summed E-state index contributed by atoms with van der Waals surface area (Å²) in [6.07, 6.45) is 1.74. The molecule has 2 unspecified atom stereocenters. The lowest BCUT2D eigenvalue weighted by atomic mass is 9.96. The first-order valence-corrected chi connectivity index (χ1v) is 8.73. The van der Waals surface area contributed by atoms with Gasteiger partial charge in [-0.05, 0) is 44.4 Å². The molecule has 4 nitrogen and oxygen atoms in total. The van der Waals surface area contributed by atoms with Crippen molar-refractivity contribution in [2.75, 3.05) is 13.1 Å². The van der Waals surface area contributed by atoms with Gasteiger partial charge in [0.25, 0.3) is 0 Å². The van der Waals surface area contributed by atoms with Gasteiger partial charge in [-0.3, -0.25) is 0 Å². The van der Waals surface area contributed by atoms with E-state index in [1.54, 1.807) is 6.07 Å². The van der Waals surface area contributed by atoms with E-state index in [0.717, 1.165) is 12.8 Å². The molecule has 0 amide bonds. The molecule has 112 valence electrons. The summed E-state index contributed by atoms with van der Waals surface area (Å²) in [6.45, 7) is 2.80. The number of hydrogen-bond donors (Lipinski definition) is 1. The second kappa shape index (κ2) is 6.20. The fraction of sp³-hybridized carbons (Fsp3) is 0.538. The topological polar surface area (TPSA) is 63.4 Å². The Morgan fingerprint density at radius 2 is 1.90 bits per heavy atom. The molecule has 1 heterocycles. The van der Waals surface area contributed by atoms with Crippen molar-refractivity contribution >= 4 is 33.2 Å². The third-order valence-corrected chi connectivity index (χ3v) is 6.68. The molecule has 1 aliphatic rings. The monoisotopic (exact) mass is 336 g/mol. The average Bonchev–Trinajstić information content (AvgIpc) is 2.38. The second-order valence-electron chi connectivity index (χ2n) is 5.15. The zero-order chi connectivity index (χ0) is 14.9. The van der Waals surface area contributed by atoms with Gasteiger partial charge in [0, 0.05) is 12.6 Å². The van der Waals surface area contributed by atoms with Crippen LogP contribution in [-0.4, -0.2) is 31.9 Å². The molecule has 1 fully saturated rings. The zero-order valence-corrected chi connectivity index (χ0v) is 13.5. The van der Waals surface area contributed by atoms with E-state index in [2.05, 4.69) is 0 Å². The molecule has 2 N–H and O–H groups in total. The van der Waals surface area contributed by atoms with Crippen LogP contribution in [0.3, 0.4) is 0 Å². The Bertz CT molecular complexity index is 572. The molecule has 2 rings (SSSR count). The van der Waals surface area contributed by atoms with Gasteiger partial charge in [0.15, 0.2) is 0 Å². The lowest BCUT2D eigenvalue weighted by molar-refractivity contribution is 0.211. The minimum Gasteiger partial charge on any atom is -0.330 e. The summed E-state index contributed by atoms with van der Waals surface area (Å²) in [5.74, 6) is 0.183. The fourth-order valence-corrected chi connectivity index (χ4v) is 5.35. The van der Waals surface area contributed by atoms with Crippen LogP contribution in [0.25, 0.3) is 0 Å². The maximum atomic E-state index is 12.8. The van der Waals surface area contributed by atoms with E-state index < -0.39 is 10.0 Å². The van der Waals surface area contributed by atoms with E-state index in [1.807, 2.05) is 6.92 Å². The van der Waals surface area contributed by atoms with Crippen LogP contribution in [0.15, 0.2) is 23.1 Å². The van der Waals surface area contributed by atoms with Crippen LogP contribution in [0.1, 0.15) is 19.8 Å². The quantitative estimate of drug-likeness (QED) is 0.922. The van der Waals surface area contributed by atoms with Gasteiger partial charge in [-0.2, -0.15) is 4.31 Å². The molecule has 0 bridgehead atoms. The van der Waals surface area contributed by atoms with Crippen LogP contribution < -0.4 is 5.73 Å². The highest BCUT2D eigenvalue weighted by molar-refractivity contribution is 7.89. The Kier molecular flexibility index (Phi) is 4.97. The molecule has 7 heteroatoms. The van der Waals surface area contributed by atoms with Crippen LogP contribution in [0.2, 0.25) is 10.0 Å². The lowest BCUT2D eigenvalue weighted by Crippen LogP contribution is -2.47. The van der Waals surface area contributed by atoms with Crippen molar-refractivity contribution in [3.8, 4) is 0 Å². The Hall–Kier alpha value is -0.330. The minimum atomic E-state index is -3.70. The zero-order valence-electron chi connectivity index (χ0n) is 11.2. The maximum Gasteiger partial charge on any atom is 0.246 e. The van der Waals surface area contributed by atoms with E-state index in [1.165, 1.54) is 16.4 Å². The van der Waals surface area contributed by atoms with Gasteiger partial charge in [0.2, 0.25) is 10.0 Å². The van der Waals surface area contributed by atoms with Crippen molar-refractivity contribution in [1.29, 1.82) is 0 Å². The number of nitrogens with two attached hydrogens (primary N) is 1. The van der Waals surface area contributed by atoms with Gasteiger partial charge in [0.1, 0.15) is 4.90 Å². The highest BCUT2D eigenvalue weighted by Gasteiger charge is 2.36. The SMILES string of the molecule is CC1CCC(CN)CN1S(=O)(=O)c1c(Cl)cccc1Cl. The van der Waals surface area contributed by atoms with E-state index in [9.17, 15) is 8.42 Å². The van der Waals surface area contributed by atoms with Crippen LogP contribution in [0.4, 0.5) is 0 Å². The number of nitrogens with zero attached hydrogens (tertiary/aromatic N) is 1. The van der Waals surface area contributed by atoms with Crippen LogP contribution in [-0.2, 0) is 10.0 Å². The summed E-state index contributed by atoms with van der Waals surface area (Å²) in [5.41, 5.74) is 5.68. The van der Waals surface area contributed by atoms with Crippen LogP contribution >= 0.6 is 23.2 Å².